The number of amides is 1. The standard InChI is InChI=1S/C21H18N4O5S.Na/c1-9-13(17(21(29)30)25-16(9)14(10(2)26)19(25)28)12-7-24-8-23-15(20(24)31-12)18(27)11-4-3-5-22-6-11;/h3-10,14,16,26H,1-2H3,(H,29,30);/q;+1/p-1/t9-,10+,14+,16?;/m0./s1. The quantitative estimate of drug-likeness (QED) is 0.250. The molecule has 0 spiro atoms. The summed E-state index contributed by atoms with van der Waals surface area (Å²) in [6, 6.07) is 2.88. The third kappa shape index (κ3) is 3.17. The minimum Gasteiger partial charge on any atom is -0.543 e. The van der Waals surface area contributed by atoms with E-state index in [1.165, 1.54) is 35.7 Å². The summed E-state index contributed by atoms with van der Waals surface area (Å²) < 4.78 is 1.67. The molecule has 1 unspecified atom stereocenters. The number of ketones is 1. The van der Waals surface area contributed by atoms with E-state index >= 15 is 0 Å². The number of carbonyl (C=O) groups is 3. The topological polar surface area (TPSA) is 128 Å². The molecule has 1 amide bonds. The van der Waals surface area contributed by atoms with Crippen LogP contribution in [0.4, 0.5) is 0 Å². The van der Waals surface area contributed by atoms with Crippen LogP contribution in [0.15, 0.2) is 42.7 Å². The molecule has 1 saturated heterocycles. The molecule has 5 heterocycles. The number of carboxylic acid groups (broad SMARTS) is 1. The van der Waals surface area contributed by atoms with Gasteiger partial charge in [-0.25, -0.2) is 4.98 Å². The first kappa shape index (κ1) is 22.8. The average molecular weight is 460 g/mol. The molecular weight excluding hydrogens is 443 g/mol. The molecule has 1 N–H and O–H groups in total. The number of imidazole rings is 1. The van der Waals surface area contributed by atoms with Crippen molar-refractivity contribution in [2.75, 3.05) is 0 Å². The van der Waals surface area contributed by atoms with Gasteiger partial charge in [-0.05, 0) is 19.1 Å². The molecule has 5 rings (SSSR count). The molecular formula is C21H17N4NaO5S. The molecule has 0 saturated carbocycles. The zero-order chi connectivity index (χ0) is 22.0. The molecule has 0 bridgehead atoms. The number of pyridine rings is 1. The van der Waals surface area contributed by atoms with Crippen LogP contribution < -0.4 is 34.7 Å². The maximum atomic E-state index is 12.9. The molecule has 9 nitrogen and oxygen atoms in total. The van der Waals surface area contributed by atoms with Gasteiger partial charge in [0.15, 0.2) is 0 Å². The van der Waals surface area contributed by atoms with Crippen LogP contribution in [0.1, 0.15) is 34.8 Å². The second kappa shape index (κ2) is 8.20. The fraction of sp³-hybridized carbons (Fsp3) is 0.286. The van der Waals surface area contributed by atoms with Crippen LogP contribution in [0, 0.1) is 11.8 Å². The molecule has 1 fully saturated rings. The minimum absolute atomic E-state index is 0. The van der Waals surface area contributed by atoms with Crippen molar-refractivity contribution >= 4 is 39.4 Å². The second-order valence-corrected chi connectivity index (χ2v) is 8.81. The number of nitrogens with zero attached hydrogens (tertiary/aromatic N) is 4. The number of hydrogen-bond donors (Lipinski definition) is 1. The molecule has 4 atom stereocenters. The molecule has 0 radical (unpaired) electrons. The third-order valence-electron chi connectivity index (χ3n) is 5.98. The van der Waals surface area contributed by atoms with E-state index in [0.29, 0.717) is 20.8 Å². The summed E-state index contributed by atoms with van der Waals surface area (Å²) in [6.45, 7) is 3.36. The number of rotatable bonds is 5. The summed E-state index contributed by atoms with van der Waals surface area (Å²) in [5.74, 6) is -3.12. The van der Waals surface area contributed by atoms with E-state index in [-0.39, 0.29) is 52.6 Å². The molecule has 2 aliphatic heterocycles. The molecule has 32 heavy (non-hydrogen) atoms. The van der Waals surface area contributed by atoms with Gasteiger partial charge in [0.2, 0.25) is 11.7 Å². The number of carbonyl (C=O) groups excluding carboxylic acids is 3. The van der Waals surface area contributed by atoms with Gasteiger partial charge in [-0.3, -0.25) is 19.0 Å². The summed E-state index contributed by atoms with van der Waals surface area (Å²) in [5, 5.41) is 22.0. The molecule has 11 heteroatoms. The van der Waals surface area contributed by atoms with Gasteiger partial charge in [0, 0.05) is 35.6 Å². The molecule has 158 valence electrons. The zero-order valence-electron chi connectivity index (χ0n) is 17.6. The van der Waals surface area contributed by atoms with Crippen molar-refractivity contribution in [3.8, 4) is 0 Å². The molecule has 3 aromatic heterocycles. The van der Waals surface area contributed by atoms with Crippen molar-refractivity contribution in [1.29, 1.82) is 0 Å². The van der Waals surface area contributed by atoms with E-state index in [9.17, 15) is 24.6 Å². The summed E-state index contributed by atoms with van der Waals surface area (Å²) in [4.78, 5) is 47.9. The Kier molecular flexibility index (Phi) is 5.84. The van der Waals surface area contributed by atoms with Crippen molar-refractivity contribution in [2.45, 2.75) is 26.0 Å². The van der Waals surface area contributed by atoms with Crippen LogP contribution in [0.25, 0.3) is 10.4 Å². The van der Waals surface area contributed by atoms with Crippen LogP contribution in [0.2, 0.25) is 0 Å². The van der Waals surface area contributed by atoms with Crippen molar-refractivity contribution < 1.29 is 54.2 Å². The number of hydrogen-bond acceptors (Lipinski definition) is 8. The predicted octanol–water partition coefficient (Wildman–Crippen LogP) is -2.66. The fourth-order valence-electron chi connectivity index (χ4n) is 4.60. The fourth-order valence-corrected chi connectivity index (χ4v) is 5.81. The van der Waals surface area contributed by atoms with Crippen molar-refractivity contribution in [1.82, 2.24) is 19.3 Å². The van der Waals surface area contributed by atoms with Crippen LogP contribution in [-0.2, 0) is 9.59 Å². The van der Waals surface area contributed by atoms with Crippen LogP contribution in [0.3, 0.4) is 0 Å². The average Bonchev–Trinajstić information content (AvgIpc) is 3.37. The van der Waals surface area contributed by atoms with E-state index < -0.39 is 29.9 Å². The Bertz CT molecular complexity index is 1280. The molecule has 3 aromatic rings. The maximum Gasteiger partial charge on any atom is 1.00 e. The number of β-lactam (4-membered cyclic amide) rings is 1. The summed E-state index contributed by atoms with van der Waals surface area (Å²) in [5.41, 5.74) is 0.940. The Hall–Kier alpha value is -2.37. The summed E-state index contributed by atoms with van der Waals surface area (Å²) >= 11 is 1.23. The van der Waals surface area contributed by atoms with Crippen molar-refractivity contribution in [3.63, 3.8) is 0 Å². The van der Waals surface area contributed by atoms with Crippen LogP contribution in [0.5, 0.6) is 0 Å². The Morgan fingerprint density at radius 3 is 2.72 bits per heavy atom. The van der Waals surface area contributed by atoms with Gasteiger partial charge in [-0.15, -0.1) is 11.3 Å². The van der Waals surface area contributed by atoms with Gasteiger partial charge in [0.25, 0.3) is 0 Å². The molecule has 2 aliphatic rings. The number of thiazole rings is 1. The van der Waals surface area contributed by atoms with Gasteiger partial charge in [0.1, 0.15) is 16.9 Å². The summed E-state index contributed by atoms with van der Waals surface area (Å²) in [6.07, 6.45) is 5.35. The van der Waals surface area contributed by atoms with Gasteiger partial charge >= 0.3 is 29.6 Å². The van der Waals surface area contributed by atoms with E-state index in [1.807, 2.05) is 6.92 Å². The van der Waals surface area contributed by atoms with Gasteiger partial charge in [-0.2, -0.15) is 0 Å². The monoisotopic (exact) mass is 460 g/mol. The van der Waals surface area contributed by atoms with E-state index in [0.717, 1.165) is 0 Å². The number of aliphatic hydroxyl groups is 1. The molecule has 0 aromatic carbocycles. The zero-order valence-corrected chi connectivity index (χ0v) is 20.4. The molecule has 0 aliphatic carbocycles. The Morgan fingerprint density at radius 2 is 2.09 bits per heavy atom. The van der Waals surface area contributed by atoms with Gasteiger partial charge < -0.3 is 19.9 Å². The Balaban J connectivity index is 0.00000245. The summed E-state index contributed by atoms with van der Waals surface area (Å²) in [7, 11) is 0. The maximum absolute atomic E-state index is 12.9. The number of carboxylic acids is 1. The van der Waals surface area contributed by atoms with E-state index in [1.54, 1.807) is 28.9 Å². The first-order valence-corrected chi connectivity index (χ1v) is 10.5. The van der Waals surface area contributed by atoms with Gasteiger partial charge in [-0.1, -0.05) is 6.92 Å². The number of aliphatic carboxylic acids is 1. The van der Waals surface area contributed by atoms with E-state index in [2.05, 4.69) is 9.97 Å². The second-order valence-electron chi connectivity index (χ2n) is 7.78. The third-order valence-corrected chi connectivity index (χ3v) is 7.12. The van der Waals surface area contributed by atoms with Gasteiger partial charge in [0.05, 0.1) is 34.6 Å². The predicted molar refractivity (Wildman–Crippen MR) is 108 cm³/mol. The smallest absolute Gasteiger partial charge is 0.543 e. The van der Waals surface area contributed by atoms with E-state index in [4.69, 9.17) is 0 Å². The number of fused-ring (bicyclic) bond motifs is 2. The number of aliphatic hydroxyl groups excluding tert-OH is 1. The Morgan fingerprint density at radius 1 is 1.34 bits per heavy atom. The van der Waals surface area contributed by atoms with Crippen LogP contribution in [-0.4, -0.2) is 54.2 Å². The number of aromatic nitrogens is 3. The largest absolute Gasteiger partial charge is 1.00 e. The van der Waals surface area contributed by atoms with Crippen molar-refractivity contribution in [3.05, 3.63) is 58.9 Å². The van der Waals surface area contributed by atoms with Crippen LogP contribution >= 0.6 is 11.3 Å². The SMILES string of the molecule is C[C@H]1C(c2cn3cnc(C(=O)c4cccnc4)c3s2)=C(C(=O)[O-])N2C(=O)[C@H]([C@@H](C)O)C12.[Na+]. The first-order valence-electron chi connectivity index (χ1n) is 9.69. The first-order chi connectivity index (χ1) is 14.8. The Labute approximate surface area is 208 Å². The van der Waals surface area contributed by atoms with Crippen molar-refractivity contribution in [2.24, 2.45) is 11.8 Å². The normalized spacial score (nSPS) is 23.0. The minimum atomic E-state index is -1.44.